The molecule has 326 valence electrons. The Morgan fingerprint density at radius 2 is 0.446 bits per heavy atom. The summed E-state index contributed by atoms with van der Waals surface area (Å²) in [6.07, 6.45) is 55.1. The molecule has 0 aliphatic heterocycles. The number of hydrogen-bond donors (Lipinski definition) is 2. The molecule has 56 heavy (non-hydrogen) atoms. The topological polar surface area (TPSA) is 58.2 Å². The first-order chi connectivity index (χ1) is 27.7. The molecule has 0 heterocycles. The van der Waals surface area contributed by atoms with Crippen molar-refractivity contribution in [1.82, 2.24) is 10.6 Å². The average molecular weight is 781 g/mol. The van der Waals surface area contributed by atoms with Crippen LogP contribution in [0.15, 0.2) is 24.3 Å². The lowest BCUT2D eigenvalue weighted by Gasteiger charge is -2.08. The van der Waals surface area contributed by atoms with Crippen LogP contribution in [0.3, 0.4) is 0 Å². The van der Waals surface area contributed by atoms with Crippen LogP contribution < -0.4 is 10.6 Å². The third kappa shape index (κ3) is 35.3. The first-order valence-electron chi connectivity index (χ1n) is 25.4. The van der Waals surface area contributed by atoms with Crippen LogP contribution in [-0.2, 0) is 0 Å². The van der Waals surface area contributed by atoms with Crippen molar-refractivity contribution in [3.63, 3.8) is 0 Å². The first-order valence-corrected chi connectivity index (χ1v) is 25.4. The van der Waals surface area contributed by atoms with Gasteiger partial charge in [-0.15, -0.1) is 0 Å². The molecule has 0 saturated heterocycles. The van der Waals surface area contributed by atoms with Crippen LogP contribution in [0.25, 0.3) is 0 Å². The molecule has 1 aromatic rings. The predicted molar refractivity (Wildman–Crippen MR) is 247 cm³/mol. The maximum atomic E-state index is 12.6. The molecule has 0 unspecified atom stereocenters. The summed E-state index contributed by atoms with van der Waals surface area (Å²) in [5.74, 6) is -0.0850. The van der Waals surface area contributed by atoms with Gasteiger partial charge < -0.3 is 10.6 Å². The number of amides is 2. The highest BCUT2D eigenvalue weighted by molar-refractivity contribution is 5.97. The van der Waals surface area contributed by atoms with E-state index in [0.717, 1.165) is 25.9 Å². The van der Waals surface area contributed by atoms with Crippen LogP contribution in [0, 0.1) is 0 Å². The summed E-state index contributed by atoms with van der Waals surface area (Å²) in [4.78, 5) is 25.2. The van der Waals surface area contributed by atoms with Crippen molar-refractivity contribution in [3.8, 4) is 0 Å². The maximum Gasteiger partial charge on any atom is 0.251 e. The minimum atomic E-state index is -0.0425. The van der Waals surface area contributed by atoms with E-state index in [9.17, 15) is 9.59 Å². The number of hydrogen-bond acceptors (Lipinski definition) is 2. The summed E-state index contributed by atoms with van der Waals surface area (Å²) < 4.78 is 0. The molecule has 0 fully saturated rings. The van der Waals surface area contributed by atoms with E-state index in [1.54, 1.807) is 24.3 Å². The normalized spacial score (nSPS) is 11.3. The summed E-state index contributed by atoms with van der Waals surface area (Å²) in [6.45, 7) is 6.03. The third-order valence-corrected chi connectivity index (χ3v) is 12.0. The van der Waals surface area contributed by atoms with E-state index in [2.05, 4.69) is 24.5 Å². The molecular weight excluding hydrogens is 685 g/mol. The van der Waals surface area contributed by atoms with E-state index in [1.807, 2.05) is 0 Å². The van der Waals surface area contributed by atoms with Crippen LogP contribution in [0.4, 0.5) is 0 Å². The molecule has 0 spiro atoms. The molecule has 0 bridgehead atoms. The molecule has 0 saturated carbocycles. The minimum Gasteiger partial charge on any atom is -0.352 e. The van der Waals surface area contributed by atoms with Gasteiger partial charge in [-0.3, -0.25) is 9.59 Å². The van der Waals surface area contributed by atoms with E-state index in [4.69, 9.17) is 0 Å². The quantitative estimate of drug-likeness (QED) is 0.0648. The smallest absolute Gasteiger partial charge is 0.251 e. The number of benzene rings is 1. The molecule has 0 atom stereocenters. The zero-order valence-electron chi connectivity index (χ0n) is 37.8. The Hall–Kier alpha value is -1.84. The molecule has 2 amide bonds. The van der Waals surface area contributed by atoms with E-state index < -0.39 is 0 Å². The van der Waals surface area contributed by atoms with Gasteiger partial charge in [-0.1, -0.05) is 258 Å². The highest BCUT2D eigenvalue weighted by Gasteiger charge is 2.09. The zero-order valence-corrected chi connectivity index (χ0v) is 37.8. The molecule has 4 nitrogen and oxygen atoms in total. The van der Waals surface area contributed by atoms with E-state index in [0.29, 0.717) is 11.1 Å². The Bertz CT molecular complexity index is 883. The standard InChI is InChI=1S/C52H96N2O2/c1-3-5-7-9-11-13-15-17-19-21-23-25-27-29-31-33-35-37-39-41-47-53-51(55)49-43-45-50(46-44-49)52(56)54-48-42-40-38-36-34-32-30-28-26-24-22-20-18-16-14-12-10-8-6-4-2/h43-46H,3-42,47-48H2,1-2H3,(H,53,55)(H,54,56). The van der Waals surface area contributed by atoms with Crippen molar-refractivity contribution >= 4 is 11.8 Å². The van der Waals surface area contributed by atoms with Crippen LogP contribution >= 0.6 is 0 Å². The van der Waals surface area contributed by atoms with Gasteiger partial charge in [0.2, 0.25) is 0 Å². The summed E-state index contributed by atoms with van der Waals surface area (Å²) >= 11 is 0. The van der Waals surface area contributed by atoms with Gasteiger partial charge in [-0.05, 0) is 37.1 Å². The second-order valence-electron chi connectivity index (χ2n) is 17.5. The number of nitrogens with one attached hydrogen (secondary N) is 2. The van der Waals surface area contributed by atoms with Crippen molar-refractivity contribution in [3.05, 3.63) is 35.4 Å². The Balaban J connectivity index is 1.86. The molecule has 4 heteroatoms. The van der Waals surface area contributed by atoms with Crippen molar-refractivity contribution in [2.75, 3.05) is 13.1 Å². The van der Waals surface area contributed by atoms with Crippen molar-refractivity contribution in [2.45, 2.75) is 271 Å². The SMILES string of the molecule is CCCCCCCCCCCCCCCCCCCCCCNC(=O)c1ccc(C(=O)NCCCCCCCCCCCCCCCCCCCCCC)cc1. The summed E-state index contributed by atoms with van der Waals surface area (Å²) in [5, 5.41) is 6.12. The van der Waals surface area contributed by atoms with Gasteiger partial charge >= 0.3 is 0 Å². The second kappa shape index (κ2) is 42.8. The largest absolute Gasteiger partial charge is 0.352 e. The van der Waals surface area contributed by atoms with Crippen LogP contribution in [0.1, 0.15) is 291 Å². The fourth-order valence-electron chi connectivity index (χ4n) is 8.14. The zero-order chi connectivity index (χ0) is 40.3. The van der Waals surface area contributed by atoms with Crippen LogP contribution in [-0.4, -0.2) is 24.9 Å². The van der Waals surface area contributed by atoms with Gasteiger partial charge in [-0.25, -0.2) is 0 Å². The Labute approximate surface area is 350 Å². The van der Waals surface area contributed by atoms with Crippen LogP contribution in [0.5, 0.6) is 0 Å². The highest BCUT2D eigenvalue weighted by Crippen LogP contribution is 2.17. The monoisotopic (exact) mass is 781 g/mol. The van der Waals surface area contributed by atoms with E-state index >= 15 is 0 Å². The summed E-state index contributed by atoms with van der Waals surface area (Å²) in [7, 11) is 0. The van der Waals surface area contributed by atoms with Crippen LogP contribution in [0.2, 0.25) is 0 Å². The van der Waals surface area contributed by atoms with Gasteiger partial charge in [0.15, 0.2) is 0 Å². The minimum absolute atomic E-state index is 0.0425. The van der Waals surface area contributed by atoms with E-state index in [-0.39, 0.29) is 11.8 Å². The Morgan fingerprint density at radius 3 is 0.625 bits per heavy atom. The molecular formula is C52H96N2O2. The maximum absolute atomic E-state index is 12.6. The molecule has 0 aromatic heterocycles. The van der Waals surface area contributed by atoms with Gasteiger partial charge in [-0.2, -0.15) is 0 Å². The number of carbonyl (C=O) groups is 2. The van der Waals surface area contributed by atoms with Gasteiger partial charge in [0.1, 0.15) is 0 Å². The fraction of sp³-hybridized carbons (Fsp3) is 0.846. The van der Waals surface area contributed by atoms with Crippen molar-refractivity contribution in [2.24, 2.45) is 0 Å². The highest BCUT2D eigenvalue weighted by atomic mass is 16.2. The average Bonchev–Trinajstić information content (AvgIpc) is 3.21. The lowest BCUT2D eigenvalue weighted by atomic mass is 10.0. The molecule has 1 rings (SSSR count). The van der Waals surface area contributed by atoms with Crippen molar-refractivity contribution in [1.29, 1.82) is 0 Å². The molecule has 1 aromatic carbocycles. The molecule has 0 aliphatic carbocycles. The number of rotatable bonds is 44. The Morgan fingerprint density at radius 1 is 0.286 bits per heavy atom. The molecule has 0 radical (unpaired) electrons. The summed E-state index contributed by atoms with van der Waals surface area (Å²) in [6, 6.07) is 7.11. The lowest BCUT2D eigenvalue weighted by molar-refractivity contribution is 0.0941. The van der Waals surface area contributed by atoms with Crippen molar-refractivity contribution < 1.29 is 9.59 Å². The van der Waals surface area contributed by atoms with Gasteiger partial charge in [0.25, 0.3) is 11.8 Å². The lowest BCUT2D eigenvalue weighted by Crippen LogP contribution is -2.26. The number of unbranched alkanes of at least 4 members (excludes halogenated alkanes) is 38. The second-order valence-corrected chi connectivity index (χ2v) is 17.5. The fourth-order valence-corrected chi connectivity index (χ4v) is 8.14. The molecule has 0 aliphatic rings. The number of carbonyl (C=O) groups excluding carboxylic acids is 2. The first kappa shape index (κ1) is 52.2. The third-order valence-electron chi connectivity index (χ3n) is 12.0. The van der Waals surface area contributed by atoms with E-state index in [1.165, 1.54) is 244 Å². The van der Waals surface area contributed by atoms with Gasteiger partial charge in [0.05, 0.1) is 0 Å². The Kier molecular flexibility index (Phi) is 39.8. The summed E-state index contributed by atoms with van der Waals surface area (Å²) in [5.41, 5.74) is 1.26. The van der Waals surface area contributed by atoms with Gasteiger partial charge in [0, 0.05) is 24.2 Å². The predicted octanol–water partition coefficient (Wildman–Crippen LogP) is 16.8. The molecule has 2 N–H and O–H groups in total.